The van der Waals surface area contributed by atoms with E-state index in [1.807, 2.05) is 13.0 Å². The van der Waals surface area contributed by atoms with Crippen LogP contribution in [-0.4, -0.2) is 66.2 Å². The fraction of sp³-hybridized carbons (Fsp3) is 0.545. The molecule has 1 saturated carbocycles. The molecule has 5 nitrogen and oxygen atoms in total. The maximum absolute atomic E-state index is 13.4. The second-order valence-electron chi connectivity index (χ2n) is 8.23. The highest BCUT2D eigenvalue weighted by molar-refractivity contribution is 5.95. The van der Waals surface area contributed by atoms with Gasteiger partial charge in [0.15, 0.2) is 0 Å². The molecule has 0 aromatic heterocycles. The third-order valence-electron chi connectivity index (χ3n) is 6.16. The van der Waals surface area contributed by atoms with Crippen molar-refractivity contribution in [3.8, 4) is 12.3 Å². The maximum Gasteiger partial charge on any atom is 0.254 e. The van der Waals surface area contributed by atoms with E-state index < -0.39 is 11.8 Å². The molecule has 148 valence electrons. The van der Waals surface area contributed by atoms with Crippen molar-refractivity contribution in [3.05, 3.63) is 34.9 Å². The molecule has 1 aliphatic carbocycles. The average Bonchev–Trinajstić information content (AvgIpc) is 3.11. The van der Waals surface area contributed by atoms with Gasteiger partial charge < -0.3 is 14.5 Å². The lowest BCUT2D eigenvalue weighted by Crippen LogP contribution is -2.72. The van der Waals surface area contributed by atoms with Gasteiger partial charge in [0.05, 0.1) is 26.2 Å². The number of alkyl halides is 1. The minimum Gasteiger partial charge on any atom is -0.368 e. The molecule has 28 heavy (non-hydrogen) atoms. The molecule has 2 atom stereocenters. The number of carbonyl (C=O) groups is 2. The average molecular weight is 384 g/mol. The fourth-order valence-electron chi connectivity index (χ4n) is 4.52. The summed E-state index contributed by atoms with van der Waals surface area (Å²) in [6.07, 6.45) is 6.10. The number of hydrogen-bond acceptors (Lipinski definition) is 3. The van der Waals surface area contributed by atoms with E-state index >= 15 is 0 Å². The van der Waals surface area contributed by atoms with Gasteiger partial charge in [-0.1, -0.05) is 12.0 Å². The SMILES string of the molecule is C#Cc1cc(C(=O)N2CCOC3(C2)CN(C(=O)C2CCC(F)C2)C3)ccc1C. The highest BCUT2D eigenvalue weighted by Crippen LogP contribution is 2.35. The largest absolute Gasteiger partial charge is 0.368 e. The fourth-order valence-corrected chi connectivity index (χ4v) is 4.52. The molecular formula is C22H25FN2O3. The van der Waals surface area contributed by atoms with Crippen LogP contribution in [0.5, 0.6) is 0 Å². The Morgan fingerprint density at radius 2 is 2.00 bits per heavy atom. The van der Waals surface area contributed by atoms with Crippen LogP contribution in [0.1, 0.15) is 40.7 Å². The number of carbonyl (C=O) groups excluding carboxylic acids is 2. The van der Waals surface area contributed by atoms with Gasteiger partial charge in [-0.05, 0) is 43.9 Å². The summed E-state index contributed by atoms with van der Waals surface area (Å²) in [5.74, 6) is 2.36. The van der Waals surface area contributed by atoms with Crippen LogP contribution in [0.2, 0.25) is 0 Å². The number of benzene rings is 1. The van der Waals surface area contributed by atoms with Gasteiger partial charge in [-0.25, -0.2) is 4.39 Å². The molecule has 1 aromatic rings. The highest BCUT2D eigenvalue weighted by atomic mass is 19.1. The minimum atomic E-state index is -0.856. The zero-order valence-corrected chi connectivity index (χ0v) is 16.1. The Balaban J connectivity index is 1.39. The number of rotatable bonds is 2. The molecule has 2 amide bonds. The molecular weight excluding hydrogens is 359 g/mol. The van der Waals surface area contributed by atoms with Gasteiger partial charge in [0.1, 0.15) is 11.8 Å². The lowest BCUT2D eigenvalue weighted by atomic mass is 9.89. The minimum absolute atomic E-state index is 0.0232. The van der Waals surface area contributed by atoms with Gasteiger partial charge in [0.25, 0.3) is 5.91 Å². The van der Waals surface area contributed by atoms with Crippen LogP contribution < -0.4 is 0 Å². The van der Waals surface area contributed by atoms with Crippen molar-refractivity contribution in [1.29, 1.82) is 0 Å². The summed E-state index contributed by atoms with van der Waals surface area (Å²) in [6, 6.07) is 5.41. The standard InChI is InChI=1S/C22H25FN2O3/c1-3-16-10-17(5-4-15(16)2)20(26)24-8-9-28-22(12-24)13-25(14-22)21(27)18-6-7-19(23)11-18/h1,4-5,10,18-19H,6-9,11-14H2,2H3. The number of ether oxygens (including phenoxy) is 1. The van der Waals surface area contributed by atoms with Crippen LogP contribution in [0, 0.1) is 25.2 Å². The maximum atomic E-state index is 13.4. The van der Waals surface area contributed by atoms with Crippen molar-refractivity contribution >= 4 is 11.8 Å². The van der Waals surface area contributed by atoms with E-state index in [2.05, 4.69) is 5.92 Å². The molecule has 3 aliphatic rings. The molecule has 2 saturated heterocycles. The lowest BCUT2D eigenvalue weighted by molar-refractivity contribution is -0.189. The monoisotopic (exact) mass is 384 g/mol. The first-order chi connectivity index (χ1) is 13.4. The molecule has 4 rings (SSSR count). The van der Waals surface area contributed by atoms with Crippen LogP contribution in [0.4, 0.5) is 4.39 Å². The number of halogens is 1. The first kappa shape index (κ1) is 18.9. The Hall–Kier alpha value is -2.39. The highest BCUT2D eigenvalue weighted by Gasteiger charge is 2.51. The Kier molecular flexibility index (Phi) is 4.88. The van der Waals surface area contributed by atoms with Gasteiger partial charge in [0, 0.05) is 23.6 Å². The summed E-state index contributed by atoms with van der Waals surface area (Å²) in [7, 11) is 0. The molecule has 6 heteroatoms. The van der Waals surface area contributed by atoms with Crippen molar-refractivity contribution in [1.82, 2.24) is 9.80 Å². The van der Waals surface area contributed by atoms with Crippen molar-refractivity contribution in [2.45, 2.75) is 38.0 Å². The molecule has 1 spiro atoms. The van der Waals surface area contributed by atoms with Crippen LogP contribution in [0.25, 0.3) is 0 Å². The van der Waals surface area contributed by atoms with E-state index in [0.29, 0.717) is 57.6 Å². The Morgan fingerprint density at radius 3 is 2.68 bits per heavy atom. The number of aryl methyl sites for hydroxylation is 1. The van der Waals surface area contributed by atoms with Crippen LogP contribution in [0.15, 0.2) is 18.2 Å². The Morgan fingerprint density at radius 1 is 1.25 bits per heavy atom. The first-order valence-corrected chi connectivity index (χ1v) is 9.84. The van der Waals surface area contributed by atoms with Crippen LogP contribution in [-0.2, 0) is 9.53 Å². The molecule has 1 aromatic carbocycles. The van der Waals surface area contributed by atoms with E-state index in [1.165, 1.54) is 0 Å². The van der Waals surface area contributed by atoms with Gasteiger partial charge in [-0.3, -0.25) is 9.59 Å². The molecule has 0 N–H and O–H groups in total. The van der Waals surface area contributed by atoms with Crippen LogP contribution in [0.3, 0.4) is 0 Å². The second-order valence-corrected chi connectivity index (χ2v) is 8.23. The smallest absolute Gasteiger partial charge is 0.254 e. The topological polar surface area (TPSA) is 49.9 Å². The number of amides is 2. The summed E-state index contributed by atoms with van der Waals surface area (Å²) >= 11 is 0. The molecule has 2 aliphatic heterocycles. The molecule has 0 bridgehead atoms. The van der Waals surface area contributed by atoms with Gasteiger partial charge in [-0.15, -0.1) is 6.42 Å². The van der Waals surface area contributed by atoms with Crippen molar-refractivity contribution in [3.63, 3.8) is 0 Å². The van der Waals surface area contributed by atoms with Crippen molar-refractivity contribution in [2.75, 3.05) is 32.8 Å². The summed E-state index contributed by atoms with van der Waals surface area (Å²) in [5, 5.41) is 0. The second kappa shape index (κ2) is 7.21. The van der Waals surface area contributed by atoms with E-state index in [1.54, 1.807) is 21.9 Å². The zero-order chi connectivity index (χ0) is 19.9. The van der Waals surface area contributed by atoms with Crippen molar-refractivity contribution < 1.29 is 18.7 Å². The van der Waals surface area contributed by atoms with Gasteiger partial charge in [-0.2, -0.15) is 0 Å². The molecule has 2 heterocycles. The van der Waals surface area contributed by atoms with E-state index in [-0.39, 0.29) is 17.7 Å². The quantitative estimate of drug-likeness (QED) is 0.735. The number of morpholine rings is 1. The number of terminal acetylenes is 1. The number of nitrogens with zero attached hydrogens (tertiary/aromatic N) is 2. The number of hydrogen-bond donors (Lipinski definition) is 0. The Labute approximate surface area is 164 Å². The van der Waals surface area contributed by atoms with Crippen molar-refractivity contribution in [2.24, 2.45) is 5.92 Å². The summed E-state index contributed by atoms with van der Waals surface area (Å²) < 4.78 is 19.3. The lowest BCUT2D eigenvalue weighted by Gasteiger charge is -2.54. The predicted molar refractivity (Wildman–Crippen MR) is 103 cm³/mol. The third kappa shape index (κ3) is 3.40. The molecule has 0 radical (unpaired) electrons. The normalized spacial score (nSPS) is 26.0. The summed E-state index contributed by atoms with van der Waals surface area (Å²) in [6.45, 7) is 4.25. The van der Waals surface area contributed by atoms with E-state index in [0.717, 1.165) is 11.1 Å². The zero-order valence-electron chi connectivity index (χ0n) is 16.1. The first-order valence-electron chi connectivity index (χ1n) is 9.84. The number of likely N-dealkylation sites (tertiary alicyclic amines) is 1. The molecule has 2 unspecified atom stereocenters. The van der Waals surface area contributed by atoms with E-state index in [4.69, 9.17) is 11.2 Å². The Bertz CT molecular complexity index is 841. The van der Waals surface area contributed by atoms with Gasteiger partial charge in [0.2, 0.25) is 5.91 Å². The molecule has 3 fully saturated rings. The third-order valence-corrected chi connectivity index (χ3v) is 6.16. The van der Waals surface area contributed by atoms with Gasteiger partial charge >= 0.3 is 0 Å². The summed E-state index contributed by atoms with van der Waals surface area (Å²) in [4.78, 5) is 29.0. The van der Waals surface area contributed by atoms with Crippen LogP contribution >= 0.6 is 0 Å². The summed E-state index contributed by atoms with van der Waals surface area (Å²) in [5.41, 5.74) is 1.75. The predicted octanol–water partition coefficient (Wildman–Crippen LogP) is 2.17. The van der Waals surface area contributed by atoms with E-state index in [9.17, 15) is 14.0 Å².